The SMILES string of the molecule is CCOC(=O)C1CCC(n2c(NC(=O)c3cccc(F)c3)nc3cnc(OCC=O)cc32)CC1. The zero-order valence-electron chi connectivity index (χ0n) is 18.7. The average molecular weight is 468 g/mol. The Balaban J connectivity index is 1.66. The van der Waals surface area contributed by atoms with Gasteiger partial charge in [-0.2, -0.15) is 0 Å². The molecule has 1 saturated carbocycles. The summed E-state index contributed by atoms with van der Waals surface area (Å²) in [6.45, 7) is 1.99. The molecule has 0 atom stereocenters. The van der Waals surface area contributed by atoms with Gasteiger partial charge in [0.2, 0.25) is 11.8 Å². The third-order valence-corrected chi connectivity index (χ3v) is 5.84. The van der Waals surface area contributed by atoms with Crippen molar-refractivity contribution in [2.24, 2.45) is 5.92 Å². The summed E-state index contributed by atoms with van der Waals surface area (Å²) in [7, 11) is 0. The second-order valence-electron chi connectivity index (χ2n) is 8.02. The predicted molar refractivity (Wildman–Crippen MR) is 121 cm³/mol. The third-order valence-electron chi connectivity index (χ3n) is 5.84. The van der Waals surface area contributed by atoms with Crippen molar-refractivity contribution in [3.05, 3.63) is 47.9 Å². The topological polar surface area (TPSA) is 112 Å². The fraction of sp³-hybridized carbons (Fsp3) is 0.375. The number of nitrogens with one attached hydrogen (secondary N) is 1. The number of pyridine rings is 1. The first kappa shape index (κ1) is 23.3. The smallest absolute Gasteiger partial charge is 0.308 e. The number of hydrogen-bond donors (Lipinski definition) is 1. The van der Waals surface area contributed by atoms with Gasteiger partial charge in [0.25, 0.3) is 5.91 Å². The van der Waals surface area contributed by atoms with Gasteiger partial charge in [0.1, 0.15) is 17.9 Å². The van der Waals surface area contributed by atoms with Gasteiger partial charge < -0.3 is 14.0 Å². The Morgan fingerprint density at radius 1 is 1.24 bits per heavy atom. The van der Waals surface area contributed by atoms with E-state index in [0.717, 1.165) is 6.07 Å². The van der Waals surface area contributed by atoms with E-state index >= 15 is 0 Å². The number of rotatable bonds is 8. The molecule has 2 aromatic heterocycles. The molecule has 2 heterocycles. The summed E-state index contributed by atoms with van der Waals surface area (Å²) in [4.78, 5) is 44.4. The fourth-order valence-corrected chi connectivity index (χ4v) is 4.27. The molecule has 1 fully saturated rings. The summed E-state index contributed by atoms with van der Waals surface area (Å²) in [6, 6.07) is 7.01. The van der Waals surface area contributed by atoms with E-state index in [-0.39, 0.29) is 41.9 Å². The lowest BCUT2D eigenvalue weighted by molar-refractivity contribution is -0.149. The molecule has 9 nitrogen and oxygen atoms in total. The van der Waals surface area contributed by atoms with Gasteiger partial charge in [-0.05, 0) is 50.8 Å². The van der Waals surface area contributed by atoms with Gasteiger partial charge in [0.05, 0.1) is 24.2 Å². The van der Waals surface area contributed by atoms with Gasteiger partial charge in [-0.25, -0.2) is 14.4 Å². The zero-order valence-corrected chi connectivity index (χ0v) is 18.7. The van der Waals surface area contributed by atoms with E-state index in [1.54, 1.807) is 13.0 Å². The van der Waals surface area contributed by atoms with E-state index in [1.165, 1.54) is 24.4 Å². The number of aldehydes is 1. The summed E-state index contributed by atoms with van der Waals surface area (Å²) < 4.78 is 26.0. The number of anilines is 1. The molecule has 0 radical (unpaired) electrons. The quantitative estimate of drug-likeness (QED) is 0.396. The number of fused-ring (bicyclic) bond motifs is 1. The summed E-state index contributed by atoms with van der Waals surface area (Å²) >= 11 is 0. The number of carbonyl (C=O) groups excluding carboxylic acids is 3. The summed E-state index contributed by atoms with van der Waals surface area (Å²) in [5.74, 6) is -0.822. The van der Waals surface area contributed by atoms with Crippen molar-refractivity contribution >= 4 is 35.1 Å². The van der Waals surface area contributed by atoms with Crippen molar-refractivity contribution in [1.82, 2.24) is 14.5 Å². The van der Waals surface area contributed by atoms with Crippen LogP contribution in [0.5, 0.6) is 5.88 Å². The minimum Gasteiger partial charge on any atom is -0.470 e. The zero-order chi connectivity index (χ0) is 24.1. The minimum absolute atomic E-state index is 0.0557. The van der Waals surface area contributed by atoms with Crippen LogP contribution in [0.4, 0.5) is 10.3 Å². The number of amides is 1. The number of imidazole rings is 1. The van der Waals surface area contributed by atoms with Gasteiger partial charge in [0, 0.05) is 17.7 Å². The predicted octanol–water partition coefficient (Wildman–Crippen LogP) is 3.69. The highest BCUT2D eigenvalue weighted by Crippen LogP contribution is 2.37. The standard InChI is InChI=1S/C24H25FN4O5/c1-2-33-23(32)15-6-8-18(9-7-15)29-20-13-21(34-11-10-30)26-14-19(20)27-24(29)28-22(31)16-4-3-5-17(25)12-16/h3-5,10,12-15,18H,2,6-9,11H2,1H3,(H,27,28,31). The van der Waals surface area contributed by atoms with E-state index in [9.17, 15) is 18.8 Å². The number of hydrogen-bond acceptors (Lipinski definition) is 7. The minimum atomic E-state index is -0.514. The Hall–Kier alpha value is -3.82. The van der Waals surface area contributed by atoms with Gasteiger partial charge in [-0.3, -0.25) is 19.7 Å². The summed E-state index contributed by atoms with van der Waals surface area (Å²) in [6.07, 6.45) is 4.76. The van der Waals surface area contributed by atoms with Crippen molar-refractivity contribution in [2.45, 2.75) is 38.6 Å². The molecule has 1 aromatic carbocycles. The normalized spacial score (nSPS) is 17.8. The summed E-state index contributed by atoms with van der Waals surface area (Å²) in [5, 5.41) is 2.79. The van der Waals surface area contributed by atoms with Crippen molar-refractivity contribution in [3.63, 3.8) is 0 Å². The molecule has 0 unspecified atom stereocenters. The van der Waals surface area contributed by atoms with E-state index in [0.29, 0.717) is 49.6 Å². The Morgan fingerprint density at radius 3 is 2.74 bits per heavy atom. The molecule has 1 aliphatic carbocycles. The molecule has 178 valence electrons. The van der Waals surface area contributed by atoms with Gasteiger partial charge in [-0.1, -0.05) is 6.07 Å². The molecule has 0 bridgehead atoms. The van der Waals surface area contributed by atoms with Crippen LogP contribution in [-0.4, -0.2) is 45.9 Å². The van der Waals surface area contributed by atoms with Crippen LogP contribution in [-0.2, 0) is 14.3 Å². The molecule has 0 spiro atoms. The van der Waals surface area contributed by atoms with Crippen molar-refractivity contribution in [2.75, 3.05) is 18.5 Å². The molecule has 1 N–H and O–H groups in total. The lowest BCUT2D eigenvalue weighted by Crippen LogP contribution is -2.26. The maximum atomic E-state index is 13.6. The van der Waals surface area contributed by atoms with Crippen LogP contribution in [0.25, 0.3) is 11.0 Å². The maximum Gasteiger partial charge on any atom is 0.308 e. The molecule has 3 aromatic rings. The van der Waals surface area contributed by atoms with E-state index in [4.69, 9.17) is 9.47 Å². The van der Waals surface area contributed by atoms with Crippen LogP contribution >= 0.6 is 0 Å². The first-order valence-corrected chi connectivity index (χ1v) is 11.2. The average Bonchev–Trinajstić information content (AvgIpc) is 3.20. The van der Waals surface area contributed by atoms with Crippen LogP contribution in [0.3, 0.4) is 0 Å². The Morgan fingerprint density at radius 2 is 2.03 bits per heavy atom. The van der Waals surface area contributed by atoms with E-state index in [1.807, 2.05) is 4.57 Å². The molecular formula is C24H25FN4O5. The van der Waals surface area contributed by atoms with E-state index < -0.39 is 11.7 Å². The van der Waals surface area contributed by atoms with E-state index in [2.05, 4.69) is 15.3 Å². The van der Waals surface area contributed by atoms with Crippen LogP contribution < -0.4 is 10.1 Å². The summed E-state index contributed by atoms with van der Waals surface area (Å²) in [5.41, 5.74) is 1.36. The maximum absolute atomic E-state index is 13.6. The second-order valence-corrected chi connectivity index (χ2v) is 8.02. The van der Waals surface area contributed by atoms with Gasteiger partial charge in [-0.15, -0.1) is 0 Å². The third kappa shape index (κ3) is 5.05. The number of nitrogens with zero attached hydrogens (tertiary/aromatic N) is 3. The lowest BCUT2D eigenvalue weighted by Gasteiger charge is -2.29. The monoisotopic (exact) mass is 468 g/mol. The van der Waals surface area contributed by atoms with Gasteiger partial charge in [0.15, 0.2) is 6.29 Å². The number of aromatic nitrogens is 3. The first-order valence-electron chi connectivity index (χ1n) is 11.2. The number of benzene rings is 1. The van der Waals surface area contributed by atoms with Crippen LogP contribution in [0.15, 0.2) is 36.5 Å². The van der Waals surface area contributed by atoms with Crippen molar-refractivity contribution < 1.29 is 28.2 Å². The molecule has 4 rings (SSSR count). The molecule has 10 heteroatoms. The number of ether oxygens (including phenoxy) is 2. The molecule has 0 aliphatic heterocycles. The molecule has 1 aliphatic rings. The second kappa shape index (κ2) is 10.4. The first-order chi connectivity index (χ1) is 16.5. The molecular weight excluding hydrogens is 443 g/mol. The molecule has 1 amide bonds. The molecule has 34 heavy (non-hydrogen) atoms. The highest BCUT2D eigenvalue weighted by molar-refractivity contribution is 6.04. The number of esters is 1. The Kier molecular flexibility index (Phi) is 7.15. The van der Waals surface area contributed by atoms with Crippen LogP contribution in [0.2, 0.25) is 0 Å². The largest absolute Gasteiger partial charge is 0.470 e. The molecule has 0 saturated heterocycles. The van der Waals surface area contributed by atoms with Crippen LogP contribution in [0.1, 0.15) is 49.0 Å². The van der Waals surface area contributed by atoms with Crippen LogP contribution in [0, 0.1) is 11.7 Å². The number of carbonyl (C=O) groups is 3. The number of halogens is 1. The highest BCUT2D eigenvalue weighted by Gasteiger charge is 2.30. The van der Waals surface area contributed by atoms with Crippen molar-refractivity contribution in [3.8, 4) is 5.88 Å². The Bertz CT molecular complexity index is 1200. The highest BCUT2D eigenvalue weighted by atomic mass is 19.1. The fourth-order valence-electron chi connectivity index (χ4n) is 4.27. The van der Waals surface area contributed by atoms with Crippen molar-refractivity contribution in [1.29, 1.82) is 0 Å². The Labute approximate surface area is 195 Å². The lowest BCUT2D eigenvalue weighted by atomic mass is 9.86. The van der Waals surface area contributed by atoms with Gasteiger partial charge >= 0.3 is 5.97 Å².